The van der Waals surface area contributed by atoms with E-state index in [1.807, 2.05) is 12.1 Å². The highest BCUT2D eigenvalue weighted by atomic mass is 16.6. The molecule has 5 aromatic rings. The molecule has 10 nitrogen and oxygen atoms in total. The van der Waals surface area contributed by atoms with Gasteiger partial charge in [-0.3, -0.25) is 14.9 Å². The molecular weight excluding hydrogens is 590 g/mol. The minimum atomic E-state index is -1.32. The van der Waals surface area contributed by atoms with E-state index in [1.165, 1.54) is 12.1 Å². The highest BCUT2D eigenvalue weighted by molar-refractivity contribution is 6.19. The van der Waals surface area contributed by atoms with Crippen LogP contribution in [0.3, 0.4) is 0 Å². The third-order valence-electron chi connectivity index (χ3n) is 6.91. The number of carbonyl (C=O) groups excluding carboxylic acids is 2. The van der Waals surface area contributed by atoms with Crippen molar-refractivity contribution in [2.75, 3.05) is 0 Å². The number of benzene rings is 5. The van der Waals surface area contributed by atoms with Gasteiger partial charge in [-0.05, 0) is 34.9 Å². The van der Waals surface area contributed by atoms with Gasteiger partial charge >= 0.3 is 11.9 Å². The summed E-state index contributed by atoms with van der Waals surface area (Å²) in [6, 6.07) is 32.6. The van der Waals surface area contributed by atoms with Crippen molar-refractivity contribution in [3.8, 4) is 11.5 Å². The highest BCUT2D eigenvalue weighted by Gasteiger charge is 2.33. The number of esters is 1. The molecule has 0 bridgehead atoms. The summed E-state index contributed by atoms with van der Waals surface area (Å²) in [4.78, 5) is 51.4. The molecule has 0 amide bonds. The summed E-state index contributed by atoms with van der Waals surface area (Å²) in [7, 11) is 0. The average molecular weight is 618 g/mol. The fourth-order valence-corrected chi connectivity index (χ4v) is 4.66. The number of carboxylic acids is 1. The number of nitrogens with zero attached hydrogens (tertiary/aromatic N) is 1. The van der Waals surface area contributed by atoms with Crippen molar-refractivity contribution in [3.63, 3.8) is 0 Å². The molecule has 230 valence electrons. The summed E-state index contributed by atoms with van der Waals surface area (Å²) in [6.07, 6.45) is 0. The van der Waals surface area contributed by atoms with Gasteiger partial charge in [0, 0.05) is 6.07 Å². The van der Waals surface area contributed by atoms with Crippen molar-refractivity contribution in [2.24, 2.45) is 0 Å². The van der Waals surface area contributed by atoms with Crippen molar-refractivity contribution in [1.29, 1.82) is 0 Å². The molecule has 0 unspecified atom stereocenters. The van der Waals surface area contributed by atoms with Crippen molar-refractivity contribution in [1.82, 2.24) is 0 Å². The maximum atomic E-state index is 14.5. The molecule has 1 N–H and O–H groups in total. The molecule has 10 heteroatoms. The zero-order valence-electron chi connectivity index (χ0n) is 24.3. The zero-order chi connectivity index (χ0) is 32.5. The number of carbonyl (C=O) groups is 3. The van der Waals surface area contributed by atoms with E-state index in [4.69, 9.17) is 14.2 Å². The molecule has 0 spiro atoms. The first-order valence-electron chi connectivity index (χ1n) is 14.1. The lowest BCUT2D eigenvalue weighted by atomic mass is 9.94. The van der Waals surface area contributed by atoms with Crippen molar-refractivity contribution in [2.45, 2.75) is 19.8 Å². The van der Waals surface area contributed by atoms with Crippen molar-refractivity contribution >= 4 is 23.4 Å². The van der Waals surface area contributed by atoms with Crippen LogP contribution in [0.2, 0.25) is 0 Å². The zero-order valence-corrected chi connectivity index (χ0v) is 24.3. The fourth-order valence-electron chi connectivity index (χ4n) is 4.66. The number of ether oxygens (including phenoxy) is 3. The molecule has 0 radical (unpaired) electrons. The maximum absolute atomic E-state index is 14.5. The van der Waals surface area contributed by atoms with Crippen LogP contribution < -0.4 is 9.47 Å². The summed E-state index contributed by atoms with van der Waals surface area (Å²) in [5.41, 5.74) is 0.0174. The second-order valence-corrected chi connectivity index (χ2v) is 10.0. The summed E-state index contributed by atoms with van der Waals surface area (Å²) < 4.78 is 17.5. The Morgan fingerprint density at radius 1 is 0.630 bits per heavy atom. The number of rotatable bonds is 13. The number of carboxylic acid groups (broad SMARTS) is 1. The van der Waals surface area contributed by atoms with Gasteiger partial charge in [0.25, 0.3) is 5.69 Å². The Bertz CT molecular complexity index is 1810. The molecular formula is C36H27NO9. The molecule has 0 aliphatic heterocycles. The van der Waals surface area contributed by atoms with E-state index in [0.717, 1.165) is 18.2 Å². The van der Waals surface area contributed by atoms with Crippen LogP contribution in [0, 0.1) is 10.1 Å². The van der Waals surface area contributed by atoms with E-state index in [2.05, 4.69) is 0 Å². The van der Waals surface area contributed by atoms with Crippen LogP contribution in [0.25, 0.3) is 0 Å². The smallest absolute Gasteiger partial charge is 0.339 e. The standard InChI is InChI=1S/C36H27NO9/c38-34(32-28(17-10-18-29(32)37(42)43)36(41)46-23-26-15-8-3-9-16-26)33-30(44-21-24-11-4-1-5-12-24)19-27(35(39)40)20-31(33)45-22-25-13-6-2-7-14-25/h1-20H,21-23H2,(H,39,40). The summed E-state index contributed by atoms with van der Waals surface area (Å²) in [5, 5.41) is 22.1. The minimum Gasteiger partial charge on any atom is -0.488 e. The molecule has 0 atom stereocenters. The number of ketones is 1. The number of nitro groups is 1. The van der Waals surface area contributed by atoms with E-state index < -0.39 is 33.9 Å². The molecule has 0 heterocycles. The topological polar surface area (TPSA) is 142 Å². The van der Waals surface area contributed by atoms with Gasteiger partial charge in [-0.15, -0.1) is 0 Å². The molecule has 0 fully saturated rings. The molecule has 5 aromatic carbocycles. The van der Waals surface area contributed by atoms with Gasteiger partial charge in [-0.2, -0.15) is 0 Å². The molecule has 0 aliphatic carbocycles. The molecule has 46 heavy (non-hydrogen) atoms. The fraction of sp³-hybridized carbons (Fsp3) is 0.0833. The normalized spacial score (nSPS) is 10.5. The first-order chi connectivity index (χ1) is 22.3. The summed E-state index contributed by atoms with van der Waals surface area (Å²) in [6.45, 7) is -0.267. The van der Waals surface area contributed by atoms with E-state index >= 15 is 0 Å². The van der Waals surface area contributed by atoms with Crippen molar-refractivity contribution < 1.29 is 38.6 Å². The SMILES string of the molecule is O=C(O)c1cc(OCc2ccccc2)c(C(=O)c2c(C(=O)OCc3ccccc3)cccc2[N+](=O)[O-])c(OCc2ccccc2)c1. The lowest BCUT2D eigenvalue weighted by Gasteiger charge is -2.18. The average Bonchev–Trinajstić information content (AvgIpc) is 3.09. The second-order valence-electron chi connectivity index (χ2n) is 10.0. The number of hydrogen-bond acceptors (Lipinski definition) is 8. The van der Waals surface area contributed by atoms with Crippen LogP contribution in [0.4, 0.5) is 5.69 Å². The molecule has 0 aliphatic rings. The summed E-state index contributed by atoms with van der Waals surface area (Å²) >= 11 is 0. The van der Waals surface area contributed by atoms with E-state index in [-0.39, 0.29) is 48.0 Å². The minimum absolute atomic E-state index is 0.0643. The van der Waals surface area contributed by atoms with Gasteiger partial charge in [-0.25, -0.2) is 9.59 Å². The van der Waals surface area contributed by atoms with Gasteiger partial charge in [0.05, 0.1) is 16.1 Å². The largest absolute Gasteiger partial charge is 0.488 e. The lowest BCUT2D eigenvalue weighted by molar-refractivity contribution is -0.385. The predicted molar refractivity (Wildman–Crippen MR) is 167 cm³/mol. The second kappa shape index (κ2) is 14.5. The maximum Gasteiger partial charge on any atom is 0.339 e. The van der Waals surface area contributed by atoms with Crippen LogP contribution in [-0.4, -0.2) is 27.8 Å². The molecule has 0 saturated carbocycles. The Morgan fingerprint density at radius 3 is 1.57 bits per heavy atom. The van der Waals surface area contributed by atoms with Gasteiger partial charge < -0.3 is 19.3 Å². The first kappa shape index (κ1) is 31.1. The number of nitro benzene ring substituents is 1. The van der Waals surface area contributed by atoms with Gasteiger partial charge in [0.15, 0.2) is 0 Å². The molecule has 0 aromatic heterocycles. The Morgan fingerprint density at radius 2 is 1.11 bits per heavy atom. The number of hydrogen-bond donors (Lipinski definition) is 1. The summed E-state index contributed by atoms with van der Waals surface area (Å²) in [5.74, 6) is -3.65. The van der Waals surface area contributed by atoms with E-state index in [0.29, 0.717) is 16.7 Å². The third-order valence-corrected chi connectivity index (χ3v) is 6.91. The Labute approximate surface area is 263 Å². The quantitative estimate of drug-likeness (QED) is 0.0637. The van der Waals surface area contributed by atoms with Crippen LogP contribution in [-0.2, 0) is 24.6 Å². The van der Waals surface area contributed by atoms with Gasteiger partial charge in [0.2, 0.25) is 5.78 Å². The monoisotopic (exact) mass is 617 g/mol. The van der Waals surface area contributed by atoms with Crippen LogP contribution in [0.1, 0.15) is 53.3 Å². The van der Waals surface area contributed by atoms with Gasteiger partial charge in [0.1, 0.15) is 42.4 Å². The highest BCUT2D eigenvalue weighted by Crippen LogP contribution is 2.37. The number of aromatic carboxylic acids is 1. The predicted octanol–water partition coefficient (Wildman–Crippen LogP) is 7.04. The van der Waals surface area contributed by atoms with Crippen LogP contribution in [0.15, 0.2) is 121 Å². The van der Waals surface area contributed by atoms with Gasteiger partial charge in [-0.1, -0.05) is 97.1 Å². The van der Waals surface area contributed by atoms with E-state index in [1.54, 1.807) is 78.9 Å². The third kappa shape index (κ3) is 7.43. The lowest BCUT2D eigenvalue weighted by Crippen LogP contribution is -2.17. The Kier molecular flexibility index (Phi) is 9.79. The van der Waals surface area contributed by atoms with Crippen LogP contribution in [0.5, 0.6) is 11.5 Å². The molecule has 0 saturated heterocycles. The van der Waals surface area contributed by atoms with Crippen LogP contribution >= 0.6 is 0 Å². The van der Waals surface area contributed by atoms with E-state index in [9.17, 15) is 29.6 Å². The Hall–Kier alpha value is -6.29. The van der Waals surface area contributed by atoms with Crippen molar-refractivity contribution in [3.05, 3.63) is 170 Å². The Balaban J connectivity index is 1.63. The first-order valence-corrected chi connectivity index (χ1v) is 14.1. The molecule has 5 rings (SSSR count).